The van der Waals surface area contributed by atoms with Crippen molar-refractivity contribution < 1.29 is 17.5 Å². The van der Waals surface area contributed by atoms with Gasteiger partial charge in [-0.05, 0) is 0 Å². The Balaban J connectivity index is -0.0000000800. The van der Waals surface area contributed by atoms with Gasteiger partial charge in [-0.25, -0.2) is 8.42 Å². The number of hydrogen-bond acceptors (Lipinski definition) is 3. The molecule has 0 amide bonds. The first kappa shape index (κ1) is 15.7. The van der Waals surface area contributed by atoms with Crippen LogP contribution in [0.15, 0.2) is 0 Å². The number of rotatable bonds is 0. The standard InChI is InChI=1S/H3N.H2O4S.Pb.2H/c;1-5(2,3)4;;;/h1H3;(H2,1,2,3,4);;;. The molecule has 0 spiro atoms. The molecular weight excluding hydrogens is 317 g/mol. The van der Waals surface area contributed by atoms with Gasteiger partial charge in [0.05, 0.1) is 0 Å². The van der Waals surface area contributed by atoms with Crippen molar-refractivity contribution in [2.45, 2.75) is 0 Å². The zero-order valence-electron chi connectivity index (χ0n) is 3.79. The molecule has 2 radical (unpaired) electrons. The molecule has 0 aromatic carbocycles. The van der Waals surface area contributed by atoms with Crippen LogP contribution in [0.5, 0.6) is 0 Å². The third-order valence-corrected chi connectivity index (χ3v) is 0. The molecule has 7 heavy (non-hydrogen) atoms. The average molecular weight is 324 g/mol. The maximum absolute atomic E-state index is 8.63. The van der Waals surface area contributed by atoms with E-state index in [1.807, 2.05) is 0 Å². The molecule has 0 aliphatic rings. The van der Waals surface area contributed by atoms with Gasteiger partial charge in [0.2, 0.25) is 10.4 Å². The van der Waals surface area contributed by atoms with Crippen LogP contribution in [0.3, 0.4) is 0 Å². The predicted octanol–water partition coefficient (Wildman–Crippen LogP) is -1.54. The van der Waals surface area contributed by atoms with E-state index in [1.54, 1.807) is 0 Å². The fraction of sp³-hybridized carbons (Fsp3) is 0. The summed E-state index contributed by atoms with van der Waals surface area (Å²) in [6.45, 7) is 0. The van der Waals surface area contributed by atoms with Crippen LogP contribution in [-0.2, 0) is 10.4 Å². The van der Waals surface area contributed by atoms with Gasteiger partial charge in [-0.3, -0.25) is 4.55 Å². The quantitative estimate of drug-likeness (QED) is 0.319. The van der Waals surface area contributed by atoms with Crippen molar-refractivity contribution in [2.24, 2.45) is 0 Å². The van der Waals surface area contributed by atoms with Gasteiger partial charge in [-0.1, -0.05) is 0 Å². The second kappa shape index (κ2) is 4.90. The van der Waals surface area contributed by atoms with Gasteiger partial charge in [0.25, 0.3) is 0 Å². The fourth-order valence-electron chi connectivity index (χ4n) is 0. The van der Waals surface area contributed by atoms with E-state index in [9.17, 15) is 0 Å². The summed E-state index contributed by atoms with van der Waals surface area (Å²) in [5.41, 5.74) is 0. The minimum absolute atomic E-state index is 0. The Kier molecular flexibility index (Phi) is 11.0. The molecule has 0 rings (SSSR count). The Hall–Kier alpha value is 0.752. The first-order valence-corrected chi connectivity index (χ1v) is 2.05. The van der Waals surface area contributed by atoms with Crippen molar-refractivity contribution in [1.29, 1.82) is 0 Å². The molecule has 0 saturated heterocycles. The van der Waals surface area contributed by atoms with Crippen LogP contribution in [0.2, 0.25) is 0 Å². The zero-order valence-corrected chi connectivity index (χ0v) is 10.1. The normalized spacial score (nSPS) is 8.29. The van der Waals surface area contributed by atoms with Gasteiger partial charge in [0.1, 0.15) is 0 Å². The molecule has 0 aromatic rings. The third kappa shape index (κ3) is 270. The molecule has 0 heterocycles. The topological polar surface area (TPSA) is 114 Å². The molecule has 0 aromatic heterocycles. The van der Waals surface area contributed by atoms with Gasteiger partial charge >= 0.3 is 27.3 Å². The molecule has 46 valence electrons. The van der Waals surface area contributed by atoms with Gasteiger partial charge in [-0.2, -0.15) is 0 Å². The van der Waals surface area contributed by atoms with E-state index < -0.39 is 10.4 Å². The van der Waals surface area contributed by atoms with E-state index >= 15 is 0 Å². The van der Waals surface area contributed by atoms with Crippen molar-refractivity contribution in [3.63, 3.8) is 0 Å². The van der Waals surface area contributed by atoms with Crippen molar-refractivity contribution >= 4 is 37.7 Å². The molecule has 0 bridgehead atoms. The Morgan fingerprint density at radius 3 is 1.43 bits per heavy atom. The second-order valence-electron chi connectivity index (χ2n) is 0.428. The summed E-state index contributed by atoms with van der Waals surface area (Å²) in [6.07, 6.45) is 0. The van der Waals surface area contributed by atoms with Gasteiger partial charge in [-0.15, -0.1) is 0 Å². The summed E-state index contributed by atoms with van der Waals surface area (Å²) < 4.78 is 32.8. The van der Waals surface area contributed by atoms with E-state index in [0.717, 1.165) is 0 Å². The van der Waals surface area contributed by atoms with Gasteiger partial charge in [0.15, 0.2) is 0 Å². The van der Waals surface area contributed by atoms with E-state index in [1.165, 1.54) is 0 Å². The Bertz CT molecular complexity index is 94.9. The second-order valence-corrected chi connectivity index (χ2v) is 1.28. The van der Waals surface area contributed by atoms with E-state index in [4.69, 9.17) is 17.5 Å². The summed E-state index contributed by atoms with van der Waals surface area (Å²) >= 11 is 0. The molecule has 0 aliphatic carbocycles. The van der Waals surface area contributed by atoms with Crippen molar-refractivity contribution in [3.05, 3.63) is 0 Å². The van der Waals surface area contributed by atoms with Crippen molar-refractivity contribution in [2.75, 3.05) is 0 Å². The number of quaternary nitrogens is 1. The van der Waals surface area contributed by atoms with Crippen LogP contribution >= 0.6 is 0 Å². The van der Waals surface area contributed by atoms with E-state index in [-0.39, 0.29) is 33.4 Å². The molecule has 0 unspecified atom stereocenters. The third-order valence-electron chi connectivity index (χ3n) is 0. The Morgan fingerprint density at radius 2 is 1.43 bits per heavy atom. The first-order valence-electron chi connectivity index (χ1n) is 0.683. The Morgan fingerprint density at radius 1 is 1.43 bits per heavy atom. The van der Waals surface area contributed by atoms with Gasteiger partial charge in [0, 0.05) is 0 Å². The van der Waals surface area contributed by atoms with Gasteiger partial charge < -0.3 is 10.7 Å². The SMILES string of the molecule is O=S(=O)([O-])O.[NH4+].[PbH2]. The molecule has 0 fully saturated rings. The molecule has 5 nitrogen and oxygen atoms in total. The van der Waals surface area contributed by atoms with E-state index in [2.05, 4.69) is 0 Å². The minimum atomic E-state index is -4.92. The summed E-state index contributed by atoms with van der Waals surface area (Å²) in [6, 6.07) is 0. The molecule has 7 heteroatoms. The van der Waals surface area contributed by atoms with Crippen LogP contribution in [0.25, 0.3) is 0 Å². The van der Waals surface area contributed by atoms with Crippen LogP contribution < -0.4 is 6.15 Å². The molecule has 0 saturated carbocycles. The first-order chi connectivity index (χ1) is 2.00. The van der Waals surface area contributed by atoms with Crippen LogP contribution in [0.4, 0.5) is 0 Å². The van der Waals surface area contributed by atoms with Crippen LogP contribution in [0.1, 0.15) is 0 Å². The summed E-state index contributed by atoms with van der Waals surface area (Å²) in [5.74, 6) is 0. The van der Waals surface area contributed by atoms with Crippen molar-refractivity contribution in [1.82, 2.24) is 6.15 Å². The van der Waals surface area contributed by atoms with E-state index in [0.29, 0.717) is 0 Å². The summed E-state index contributed by atoms with van der Waals surface area (Å²) in [5, 5.41) is 0. The summed E-state index contributed by atoms with van der Waals surface area (Å²) in [7, 11) is -4.92. The molecule has 5 N–H and O–H groups in total. The monoisotopic (exact) mass is 325 g/mol. The predicted molar refractivity (Wildman–Crippen MR) is 26.9 cm³/mol. The average Bonchev–Trinajstić information content (AvgIpc) is 0.722. The Labute approximate surface area is 61.4 Å². The number of hydrogen-bond donors (Lipinski definition) is 2. The fourth-order valence-corrected chi connectivity index (χ4v) is 0. The molecule has 0 atom stereocenters. The molecular formula is H7NO4PbS. The molecule has 0 aliphatic heterocycles. The summed E-state index contributed by atoms with van der Waals surface area (Å²) in [4.78, 5) is 0. The maximum atomic E-state index is 8.63. The zero-order chi connectivity index (χ0) is 4.50. The van der Waals surface area contributed by atoms with Crippen molar-refractivity contribution in [3.8, 4) is 0 Å². The van der Waals surface area contributed by atoms with Crippen LogP contribution in [0, 0.1) is 0 Å². The van der Waals surface area contributed by atoms with Crippen LogP contribution in [-0.4, -0.2) is 44.8 Å².